The average Bonchev–Trinajstić information content (AvgIpc) is 3.97. The number of aromatic nitrogens is 8. The van der Waals surface area contributed by atoms with E-state index in [0.29, 0.717) is 5.69 Å². The van der Waals surface area contributed by atoms with E-state index in [4.69, 9.17) is 10.8 Å². The predicted octanol–water partition coefficient (Wildman–Crippen LogP) is -0.389. The standard InChI is InChI=1S/C34H41N15O8/c1-45-11-10-36-26(45)33(55)40-19-12-21(46(2)15-19)30(52)37-9-7-25(50)41-23-16-48(4)27(42-23)32(54)38-8-6-20(35)29(51)39-18-13-22(47(3)14-18)31(53)44-24-17-49(5)28(43-24)34(56)57/h10-17,20H,6-9,35H2,1-5H3,(H,37,52)(H,38,54)(H,39,51)(H,40,55)(H,41,50)(H,44,53)(H,56,57)/t20-/m0/s1. The number of carboxylic acids is 1. The SMILES string of the molecule is Cn1cc(NC(=O)c2nccn2C)cc1C(=O)NCCC(=O)Nc1cn(C)c(C(=O)NCC[C@H](N)C(=O)Nc2cc(C(=O)Nc3cn(C)c(C(=O)O)n3)n(C)c2)n1. The number of nitrogens with zero attached hydrogens (tertiary/aromatic N) is 8. The second kappa shape index (κ2) is 17.3. The molecule has 5 aromatic heterocycles. The number of carbonyl (C=O) groups is 7. The maximum atomic E-state index is 12.8. The van der Waals surface area contributed by atoms with Crippen molar-refractivity contribution in [2.24, 2.45) is 41.0 Å². The van der Waals surface area contributed by atoms with Gasteiger partial charge < -0.3 is 65.6 Å². The topological polar surface area (TPSA) is 301 Å². The van der Waals surface area contributed by atoms with E-state index in [2.05, 4.69) is 46.9 Å². The van der Waals surface area contributed by atoms with E-state index in [-0.39, 0.29) is 72.1 Å². The summed E-state index contributed by atoms with van der Waals surface area (Å²) in [5.41, 5.74) is 7.11. The van der Waals surface area contributed by atoms with Gasteiger partial charge in [0.05, 0.1) is 17.4 Å². The minimum absolute atomic E-state index is 0.00560. The first-order valence-electron chi connectivity index (χ1n) is 17.2. The summed E-state index contributed by atoms with van der Waals surface area (Å²) in [6.07, 6.45) is 8.93. The Morgan fingerprint density at radius 3 is 1.84 bits per heavy atom. The number of carboxylic acid groups (broad SMARTS) is 1. The van der Waals surface area contributed by atoms with Gasteiger partial charge in [0.15, 0.2) is 17.5 Å². The number of aryl methyl sites for hydroxylation is 5. The van der Waals surface area contributed by atoms with Gasteiger partial charge >= 0.3 is 5.97 Å². The van der Waals surface area contributed by atoms with Crippen LogP contribution in [0, 0.1) is 0 Å². The summed E-state index contributed by atoms with van der Waals surface area (Å²) in [7, 11) is 7.93. The van der Waals surface area contributed by atoms with Crippen LogP contribution in [0.25, 0.3) is 0 Å². The minimum Gasteiger partial charge on any atom is -0.475 e. The van der Waals surface area contributed by atoms with Crippen molar-refractivity contribution in [3.05, 3.63) is 78.2 Å². The molecule has 1 atom stereocenters. The second-order valence-corrected chi connectivity index (χ2v) is 12.8. The summed E-state index contributed by atoms with van der Waals surface area (Å²) in [6, 6.07) is 1.87. The Kier molecular flexibility index (Phi) is 12.3. The zero-order valence-electron chi connectivity index (χ0n) is 31.5. The summed E-state index contributed by atoms with van der Waals surface area (Å²) in [5.74, 6) is -4.32. The van der Waals surface area contributed by atoms with E-state index in [1.54, 1.807) is 45.2 Å². The van der Waals surface area contributed by atoms with Gasteiger partial charge in [0.1, 0.15) is 11.4 Å². The molecule has 0 aliphatic heterocycles. The third-order valence-corrected chi connectivity index (χ3v) is 8.40. The number of nitrogens with one attached hydrogen (secondary N) is 6. The highest BCUT2D eigenvalue weighted by Gasteiger charge is 2.21. The number of hydrogen-bond acceptors (Lipinski definition) is 11. The molecule has 0 aromatic carbocycles. The van der Waals surface area contributed by atoms with E-state index in [9.17, 15) is 33.6 Å². The normalized spacial score (nSPS) is 11.4. The Balaban J connectivity index is 1.03. The van der Waals surface area contributed by atoms with E-state index < -0.39 is 47.5 Å². The van der Waals surface area contributed by atoms with Crippen molar-refractivity contribution >= 4 is 64.4 Å². The van der Waals surface area contributed by atoms with E-state index in [1.165, 1.54) is 62.2 Å². The van der Waals surface area contributed by atoms with Gasteiger partial charge in [0, 0.05) is 91.9 Å². The smallest absolute Gasteiger partial charge is 0.372 e. The fourth-order valence-electron chi connectivity index (χ4n) is 5.50. The lowest BCUT2D eigenvalue weighted by molar-refractivity contribution is -0.117. The maximum absolute atomic E-state index is 12.8. The number of amides is 6. The third kappa shape index (κ3) is 9.96. The molecule has 6 amide bonds. The number of hydrogen-bond donors (Lipinski definition) is 8. The van der Waals surface area contributed by atoms with Crippen LogP contribution >= 0.6 is 0 Å². The minimum atomic E-state index is -1.25. The Labute approximate surface area is 323 Å². The van der Waals surface area contributed by atoms with Crippen LogP contribution < -0.4 is 37.6 Å². The molecular formula is C34H41N15O8. The van der Waals surface area contributed by atoms with Crippen LogP contribution in [0.2, 0.25) is 0 Å². The van der Waals surface area contributed by atoms with Crippen molar-refractivity contribution in [1.82, 2.24) is 48.4 Å². The number of rotatable bonds is 16. The molecule has 5 heterocycles. The predicted molar refractivity (Wildman–Crippen MR) is 202 cm³/mol. The van der Waals surface area contributed by atoms with Gasteiger partial charge in [-0.3, -0.25) is 28.8 Å². The Morgan fingerprint density at radius 1 is 0.649 bits per heavy atom. The van der Waals surface area contributed by atoms with Crippen molar-refractivity contribution in [2.45, 2.75) is 18.9 Å². The van der Waals surface area contributed by atoms with Crippen molar-refractivity contribution in [1.29, 1.82) is 0 Å². The molecule has 5 aromatic rings. The Bertz CT molecular complexity index is 2360. The molecule has 0 saturated heterocycles. The molecule has 0 spiro atoms. The first kappa shape index (κ1) is 40.6. The molecule has 0 radical (unpaired) electrons. The van der Waals surface area contributed by atoms with Crippen LogP contribution in [-0.4, -0.2) is 103 Å². The van der Waals surface area contributed by atoms with Crippen molar-refractivity contribution in [3.63, 3.8) is 0 Å². The number of aromatic carboxylic acids is 1. The first-order chi connectivity index (χ1) is 27.0. The fourth-order valence-corrected chi connectivity index (χ4v) is 5.50. The average molecular weight is 788 g/mol. The lowest BCUT2D eigenvalue weighted by Crippen LogP contribution is -2.39. The third-order valence-electron chi connectivity index (χ3n) is 8.40. The molecule has 23 nitrogen and oxygen atoms in total. The van der Waals surface area contributed by atoms with Crippen molar-refractivity contribution in [3.8, 4) is 0 Å². The van der Waals surface area contributed by atoms with Gasteiger partial charge in [0.25, 0.3) is 23.6 Å². The molecule has 0 aliphatic carbocycles. The molecule has 23 heteroatoms. The molecule has 300 valence electrons. The van der Waals surface area contributed by atoms with Crippen LogP contribution in [0.4, 0.5) is 23.0 Å². The summed E-state index contributed by atoms with van der Waals surface area (Å²) < 4.78 is 7.20. The highest BCUT2D eigenvalue weighted by Crippen LogP contribution is 2.17. The number of imidazole rings is 3. The number of nitrogens with two attached hydrogens (primary N) is 1. The summed E-state index contributed by atoms with van der Waals surface area (Å²) in [6.45, 7) is -0.00587. The fraction of sp³-hybridized carbons (Fsp3) is 0.294. The molecule has 0 aliphatic rings. The highest BCUT2D eigenvalue weighted by molar-refractivity contribution is 6.05. The highest BCUT2D eigenvalue weighted by atomic mass is 16.4. The second-order valence-electron chi connectivity index (χ2n) is 12.8. The summed E-state index contributed by atoms with van der Waals surface area (Å²) >= 11 is 0. The molecule has 0 unspecified atom stereocenters. The van der Waals surface area contributed by atoms with Crippen LogP contribution in [0.1, 0.15) is 65.7 Å². The maximum Gasteiger partial charge on any atom is 0.372 e. The van der Waals surface area contributed by atoms with Crippen molar-refractivity contribution < 1.29 is 38.7 Å². The number of anilines is 4. The van der Waals surface area contributed by atoms with Gasteiger partial charge in [-0.2, -0.15) is 0 Å². The first-order valence-corrected chi connectivity index (χ1v) is 17.2. The quantitative estimate of drug-likeness (QED) is 0.0635. The molecule has 0 saturated carbocycles. The van der Waals surface area contributed by atoms with Crippen LogP contribution in [0.15, 0.2) is 49.3 Å². The zero-order valence-corrected chi connectivity index (χ0v) is 31.5. The molecule has 5 rings (SSSR count). The van der Waals surface area contributed by atoms with Gasteiger partial charge in [-0.15, -0.1) is 0 Å². The molecule has 57 heavy (non-hydrogen) atoms. The monoisotopic (exact) mass is 787 g/mol. The van der Waals surface area contributed by atoms with E-state index in [1.807, 2.05) is 0 Å². The summed E-state index contributed by atoms with van der Waals surface area (Å²) in [4.78, 5) is 99.4. The Hall–Kier alpha value is -7.56. The van der Waals surface area contributed by atoms with Crippen LogP contribution in [-0.2, 0) is 44.8 Å². The van der Waals surface area contributed by atoms with Crippen LogP contribution in [0.3, 0.4) is 0 Å². The van der Waals surface area contributed by atoms with Crippen molar-refractivity contribution in [2.75, 3.05) is 34.4 Å². The van der Waals surface area contributed by atoms with E-state index in [0.717, 1.165) is 0 Å². The van der Waals surface area contributed by atoms with Crippen LogP contribution in [0.5, 0.6) is 0 Å². The van der Waals surface area contributed by atoms with Gasteiger partial charge in [0.2, 0.25) is 23.5 Å². The number of carbonyl (C=O) groups excluding carboxylic acids is 6. The lowest BCUT2D eigenvalue weighted by Gasteiger charge is -2.12. The van der Waals surface area contributed by atoms with E-state index >= 15 is 0 Å². The van der Waals surface area contributed by atoms with Gasteiger partial charge in [-0.05, 0) is 18.6 Å². The summed E-state index contributed by atoms with van der Waals surface area (Å²) in [5, 5.41) is 24.9. The Morgan fingerprint density at radius 2 is 1.23 bits per heavy atom. The molecule has 0 fully saturated rings. The van der Waals surface area contributed by atoms with Gasteiger partial charge in [-0.25, -0.2) is 19.7 Å². The molecular weight excluding hydrogens is 746 g/mol. The lowest BCUT2D eigenvalue weighted by atomic mass is 10.2. The molecule has 9 N–H and O–H groups in total. The molecule has 0 bridgehead atoms. The largest absolute Gasteiger partial charge is 0.475 e. The zero-order chi connectivity index (χ0) is 41.6. The van der Waals surface area contributed by atoms with Gasteiger partial charge in [-0.1, -0.05) is 0 Å².